The molecule has 0 aliphatic carbocycles. The van der Waals surface area contributed by atoms with E-state index in [1.165, 1.54) is 7.11 Å². The van der Waals surface area contributed by atoms with E-state index >= 15 is 0 Å². The van der Waals surface area contributed by atoms with Crippen LogP contribution in [-0.2, 0) is 6.42 Å². The normalized spacial score (nSPS) is 17.1. The zero-order chi connectivity index (χ0) is 14.1. The first-order valence-electron chi connectivity index (χ1n) is 6.53. The van der Waals surface area contributed by atoms with Crippen molar-refractivity contribution in [3.05, 3.63) is 47.5 Å². The van der Waals surface area contributed by atoms with Gasteiger partial charge in [-0.05, 0) is 42.2 Å². The zero-order valence-electron chi connectivity index (χ0n) is 11.2. The lowest BCUT2D eigenvalue weighted by Gasteiger charge is -2.28. The minimum absolute atomic E-state index is 0.0811. The summed E-state index contributed by atoms with van der Waals surface area (Å²) >= 11 is 0. The van der Waals surface area contributed by atoms with E-state index in [0.29, 0.717) is 11.5 Å². The number of fused-ring (bicyclic) bond motifs is 1. The van der Waals surface area contributed by atoms with Gasteiger partial charge in [-0.2, -0.15) is 0 Å². The summed E-state index contributed by atoms with van der Waals surface area (Å²) < 4.78 is 11.2. The molecule has 20 heavy (non-hydrogen) atoms. The van der Waals surface area contributed by atoms with Gasteiger partial charge in [0.25, 0.3) is 0 Å². The van der Waals surface area contributed by atoms with Gasteiger partial charge in [0.15, 0.2) is 11.5 Å². The largest absolute Gasteiger partial charge is 0.508 e. The van der Waals surface area contributed by atoms with Gasteiger partial charge in [-0.25, -0.2) is 0 Å². The summed E-state index contributed by atoms with van der Waals surface area (Å²) in [6.07, 6.45) is 1.61. The van der Waals surface area contributed by atoms with Crippen molar-refractivity contribution < 1.29 is 19.7 Å². The van der Waals surface area contributed by atoms with E-state index < -0.39 is 0 Å². The molecule has 1 aliphatic rings. The van der Waals surface area contributed by atoms with Gasteiger partial charge in [-0.15, -0.1) is 0 Å². The molecule has 4 heteroatoms. The molecule has 0 saturated heterocycles. The summed E-state index contributed by atoms with van der Waals surface area (Å²) in [6, 6.07) is 10.5. The molecule has 4 nitrogen and oxygen atoms in total. The average Bonchev–Trinajstić information content (AvgIpc) is 2.47. The zero-order valence-corrected chi connectivity index (χ0v) is 11.2. The third-order valence-corrected chi connectivity index (χ3v) is 3.58. The Kier molecular flexibility index (Phi) is 3.14. The van der Waals surface area contributed by atoms with Crippen molar-refractivity contribution in [3.8, 4) is 23.0 Å². The van der Waals surface area contributed by atoms with E-state index in [4.69, 9.17) is 9.47 Å². The van der Waals surface area contributed by atoms with E-state index in [-0.39, 0.29) is 17.6 Å². The number of methoxy groups -OCH3 is 1. The Labute approximate surface area is 117 Å². The summed E-state index contributed by atoms with van der Waals surface area (Å²) in [6.45, 7) is 0. The molecule has 2 N–H and O–H groups in total. The number of hydrogen-bond acceptors (Lipinski definition) is 4. The molecule has 0 spiro atoms. The van der Waals surface area contributed by atoms with E-state index in [1.54, 1.807) is 18.2 Å². The fourth-order valence-electron chi connectivity index (χ4n) is 2.53. The van der Waals surface area contributed by atoms with Gasteiger partial charge in [0.2, 0.25) is 5.75 Å². The molecule has 104 valence electrons. The second kappa shape index (κ2) is 4.96. The highest BCUT2D eigenvalue weighted by Gasteiger charge is 2.25. The molecular weight excluding hydrogens is 256 g/mol. The number of ether oxygens (including phenoxy) is 2. The summed E-state index contributed by atoms with van der Waals surface area (Å²) in [7, 11) is 1.52. The summed E-state index contributed by atoms with van der Waals surface area (Å²) in [5.41, 5.74) is 2.04. The minimum Gasteiger partial charge on any atom is -0.508 e. The van der Waals surface area contributed by atoms with Gasteiger partial charge in [0.1, 0.15) is 11.9 Å². The van der Waals surface area contributed by atoms with Crippen molar-refractivity contribution in [2.24, 2.45) is 0 Å². The maximum atomic E-state index is 9.82. The number of phenolic OH excluding ortho intramolecular Hbond substituents is 2. The Morgan fingerprint density at radius 3 is 2.55 bits per heavy atom. The molecular formula is C16H16O4. The van der Waals surface area contributed by atoms with Crippen molar-refractivity contribution in [2.75, 3.05) is 7.11 Å². The quantitative estimate of drug-likeness (QED) is 0.881. The summed E-state index contributed by atoms with van der Waals surface area (Å²) in [5.74, 6) is 1.31. The number of hydrogen-bond donors (Lipinski definition) is 2. The molecule has 0 bridgehead atoms. The van der Waals surface area contributed by atoms with Crippen LogP contribution in [0.3, 0.4) is 0 Å². The molecule has 2 aromatic rings. The number of rotatable bonds is 2. The van der Waals surface area contributed by atoms with Gasteiger partial charge in [0, 0.05) is 0 Å². The lowest BCUT2D eigenvalue weighted by Crippen LogP contribution is -2.15. The predicted octanol–water partition coefficient (Wildman–Crippen LogP) is 3.17. The minimum atomic E-state index is -0.0983. The first-order chi connectivity index (χ1) is 9.69. The fourth-order valence-corrected chi connectivity index (χ4v) is 2.53. The van der Waals surface area contributed by atoms with Crippen LogP contribution in [-0.4, -0.2) is 17.3 Å². The van der Waals surface area contributed by atoms with Gasteiger partial charge in [-0.3, -0.25) is 0 Å². The first kappa shape index (κ1) is 12.7. The first-order valence-corrected chi connectivity index (χ1v) is 6.53. The van der Waals surface area contributed by atoms with Crippen LogP contribution < -0.4 is 9.47 Å². The van der Waals surface area contributed by atoms with Crippen molar-refractivity contribution >= 4 is 0 Å². The number of aryl methyl sites for hydroxylation is 1. The smallest absolute Gasteiger partial charge is 0.203 e. The van der Waals surface area contributed by atoms with Crippen LogP contribution in [0.5, 0.6) is 23.0 Å². The van der Waals surface area contributed by atoms with E-state index in [2.05, 4.69) is 0 Å². The maximum absolute atomic E-state index is 9.82. The molecule has 0 saturated carbocycles. The van der Waals surface area contributed by atoms with Gasteiger partial charge >= 0.3 is 0 Å². The van der Waals surface area contributed by atoms with Crippen molar-refractivity contribution in [1.29, 1.82) is 0 Å². The average molecular weight is 272 g/mol. The highest BCUT2D eigenvalue weighted by molar-refractivity contribution is 5.56. The van der Waals surface area contributed by atoms with Crippen molar-refractivity contribution in [2.45, 2.75) is 18.9 Å². The molecule has 2 aromatic carbocycles. The van der Waals surface area contributed by atoms with Crippen LogP contribution in [0.15, 0.2) is 36.4 Å². The van der Waals surface area contributed by atoms with E-state index in [9.17, 15) is 10.2 Å². The fraction of sp³-hybridized carbons (Fsp3) is 0.250. The molecule has 1 heterocycles. The molecule has 0 unspecified atom stereocenters. The maximum Gasteiger partial charge on any atom is 0.203 e. The molecule has 0 aromatic heterocycles. The topological polar surface area (TPSA) is 58.9 Å². The highest BCUT2D eigenvalue weighted by atomic mass is 16.5. The van der Waals surface area contributed by atoms with Crippen LogP contribution in [0.25, 0.3) is 0 Å². The second-order valence-electron chi connectivity index (χ2n) is 4.84. The van der Waals surface area contributed by atoms with Crippen molar-refractivity contribution in [1.82, 2.24) is 0 Å². The van der Waals surface area contributed by atoms with Crippen molar-refractivity contribution in [3.63, 3.8) is 0 Å². The standard InChI is InChI=1S/C16H16O4/c1-19-16-13(18)8-4-11-5-9-14(20-15(11)16)10-2-6-12(17)7-3-10/h2-4,6-8,14,17-18H,5,9H2,1H3/t14-/m0/s1. The third kappa shape index (κ3) is 2.13. The molecule has 1 aliphatic heterocycles. The molecule has 0 amide bonds. The van der Waals surface area contributed by atoms with Crippen LogP contribution in [0.1, 0.15) is 23.7 Å². The SMILES string of the molecule is COc1c(O)ccc2c1O[C@H](c1ccc(O)cc1)CC2. The second-order valence-corrected chi connectivity index (χ2v) is 4.84. The number of benzene rings is 2. The third-order valence-electron chi connectivity index (χ3n) is 3.58. The molecule has 1 atom stereocenters. The van der Waals surface area contributed by atoms with Crippen LogP contribution in [0.2, 0.25) is 0 Å². The summed E-state index contributed by atoms with van der Waals surface area (Å²) in [5, 5.41) is 19.2. The van der Waals surface area contributed by atoms with Gasteiger partial charge < -0.3 is 19.7 Å². The Morgan fingerprint density at radius 2 is 1.85 bits per heavy atom. The Hall–Kier alpha value is -2.36. The summed E-state index contributed by atoms with van der Waals surface area (Å²) in [4.78, 5) is 0. The van der Waals surface area contributed by atoms with Crippen LogP contribution in [0.4, 0.5) is 0 Å². The molecule has 3 rings (SSSR count). The Bertz CT molecular complexity index is 619. The lowest BCUT2D eigenvalue weighted by atomic mass is 9.97. The number of aromatic hydroxyl groups is 2. The van der Waals surface area contributed by atoms with Gasteiger partial charge in [0.05, 0.1) is 7.11 Å². The Morgan fingerprint density at radius 1 is 1.10 bits per heavy atom. The monoisotopic (exact) mass is 272 g/mol. The van der Waals surface area contributed by atoms with Crippen LogP contribution >= 0.6 is 0 Å². The molecule has 0 fully saturated rings. The van der Waals surface area contributed by atoms with Gasteiger partial charge in [-0.1, -0.05) is 18.2 Å². The lowest BCUT2D eigenvalue weighted by molar-refractivity contribution is 0.167. The van der Waals surface area contributed by atoms with Crippen LogP contribution in [0, 0.1) is 0 Å². The molecule has 0 radical (unpaired) electrons. The number of phenols is 2. The predicted molar refractivity (Wildman–Crippen MR) is 74.5 cm³/mol. The van der Waals surface area contributed by atoms with E-state index in [1.807, 2.05) is 18.2 Å². The Balaban J connectivity index is 1.95. The van der Waals surface area contributed by atoms with E-state index in [0.717, 1.165) is 24.0 Å². The highest BCUT2D eigenvalue weighted by Crippen LogP contribution is 2.45.